The van der Waals surface area contributed by atoms with Crippen molar-refractivity contribution < 1.29 is 14.1 Å². The van der Waals surface area contributed by atoms with E-state index in [1.807, 2.05) is 72.3 Å². The minimum absolute atomic E-state index is 0.113. The summed E-state index contributed by atoms with van der Waals surface area (Å²) in [5.41, 5.74) is 1.81. The van der Waals surface area contributed by atoms with E-state index in [1.54, 1.807) is 7.11 Å². The molecule has 3 nitrogen and oxygen atoms in total. The number of fused-ring (bicyclic) bond motifs is 1. The topological polar surface area (TPSA) is 30.2 Å². The van der Waals surface area contributed by atoms with E-state index in [-0.39, 0.29) is 5.78 Å². The van der Waals surface area contributed by atoms with Crippen molar-refractivity contribution >= 4 is 16.6 Å². The average Bonchev–Trinajstić information content (AvgIpc) is 2.57. The maximum atomic E-state index is 12.4. The molecule has 1 aromatic heterocycles. The zero-order valence-corrected chi connectivity index (χ0v) is 12.7. The fraction of sp³-hybridized carbons (Fsp3) is 0.158. The van der Waals surface area contributed by atoms with Gasteiger partial charge in [-0.3, -0.25) is 4.79 Å². The van der Waals surface area contributed by atoms with Crippen molar-refractivity contribution in [3.05, 3.63) is 72.1 Å². The fourth-order valence-electron chi connectivity index (χ4n) is 2.61. The molecule has 0 saturated carbocycles. The second-order valence-corrected chi connectivity index (χ2v) is 5.27. The Labute approximate surface area is 129 Å². The van der Waals surface area contributed by atoms with Gasteiger partial charge < -0.3 is 4.74 Å². The van der Waals surface area contributed by atoms with E-state index in [0.717, 1.165) is 27.8 Å². The highest BCUT2D eigenvalue weighted by atomic mass is 16.5. The number of aromatic nitrogens is 1. The molecule has 0 spiro atoms. The summed E-state index contributed by atoms with van der Waals surface area (Å²) in [5.74, 6) is 0.951. The maximum Gasteiger partial charge on any atom is 0.227 e. The van der Waals surface area contributed by atoms with Gasteiger partial charge in [0.05, 0.1) is 7.11 Å². The molecule has 2 aromatic carbocycles. The molecular formula is C19H18NO2+. The zero-order chi connectivity index (χ0) is 15.5. The summed E-state index contributed by atoms with van der Waals surface area (Å²) in [6.07, 6.45) is 1.96. The van der Waals surface area contributed by atoms with Crippen LogP contribution in [0, 0.1) is 6.92 Å². The molecule has 3 heteroatoms. The lowest BCUT2D eigenvalue weighted by Gasteiger charge is -2.06. The largest absolute Gasteiger partial charge is 0.497 e. The number of ether oxygens (including phenoxy) is 1. The molecule has 0 N–H and O–H groups in total. The molecule has 0 aliphatic rings. The fourth-order valence-corrected chi connectivity index (χ4v) is 2.61. The van der Waals surface area contributed by atoms with Crippen LogP contribution in [0.25, 0.3) is 10.8 Å². The lowest BCUT2D eigenvalue weighted by Crippen LogP contribution is -2.40. The summed E-state index contributed by atoms with van der Waals surface area (Å²) in [6, 6.07) is 17.4. The van der Waals surface area contributed by atoms with Crippen LogP contribution < -0.4 is 9.30 Å². The van der Waals surface area contributed by atoms with Crippen LogP contribution in [-0.4, -0.2) is 12.9 Å². The normalized spacial score (nSPS) is 10.6. The molecule has 0 radical (unpaired) electrons. The Morgan fingerprint density at radius 3 is 2.59 bits per heavy atom. The molecule has 22 heavy (non-hydrogen) atoms. The molecule has 0 saturated heterocycles. The summed E-state index contributed by atoms with van der Waals surface area (Å²) < 4.78 is 7.24. The monoisotopic (exact) mass is 292 g/mol. The number of carbonyl (C=O) groups is 1. The van der Waals surface area contributed by atoms with Gasteiger partial charge in [0.2, 0.25) is 12.3 Å². The van der Waals surface area contributed by atoms with Crippen LogP contribution >= 0.6 is 0 Å². The van der Waals surface area contributed by atoms with Crippen LogP contribution in [0.5, 0.6) is 5.75 Å². The number of nitrogens with zero attached hydrogens (tertiary/aromatic N) is 1. The zero-order valence-electron chi connectivity index (χ0n) is 12.7. The number of ketones is 1. The Bertz CT molecular complexity index is 825. The molecule has 0 fully saturated rings. The molecule has 3 aromatic rings. The van der Waals surface area contributed by atoms with E-state index in [1.165, 1.54) is 0 Å². The van der Waals surface area contributed by atoms with Gasteiger partial charge in [-0.25, -0.2) is 0 Å². The van der Waals surface area contributed by atoms with E-state index in [9.17, 15) is 4.79 Å². The SMILES string of the molecule is COc1ccc2c(C)[n+](CC(=O)c3ccccc3)ccc2c1. The Balaban J connectivity index is 1.95. The summed E-state index contributed by atoms with van der Waals surface area (Å²) in [4.78, 5) is 12.4. The Hall–Kier alpha value is -2.68. The summed E-state index contributed by atoms with van der Waals surface area (Å²) in [6.45, 7) is 2.38. The average molecular weight is 292 g/mol. The van der Waals surface area contributed by atoms with E-state index in [0.29, 0.717) is 6.54 Å². The first-order valence-corrected chi connectivity index (χ1v) is 7.24. The van der Waals surface area contributed by atoms with Crippen LogP contribution in [-0.2, 0) is 6.54 Å². The standard InChI is InChI=1S/C19H18NO2/c1-14-18-9-8-17(22-2)12-16(18)10-11-20(14)13-19(21)15-6-4-3-5-7-15/h3-12H,13H2,1-2H3/q+1. The molecule has 0 amide bonds. The van der Waals surface area contributed by atoms with Crippen LogP contribution in [0.3, 0.4) is 0 Å². The van der Waals surface area contributed by atoms with Crippen molar-refractivity contribution in [3.8, 4) is 5.75 Å². The second kappa shape index (κ2) is 5.98. The predicted molar refractivity (Wildman–Crippen MR) is 86.2 cm³/mol. The second-order valence-electron chi connectivity index (χ2n) is 5.27. The Kier molecular flexibility index (Phi) is 3.88. The first-order valence-electron chi connectivity index (χ1n) is 7.24. The number of hydrogen-bond donors (Lipinski definition) is 0. The van der Waals surface area contributed by atoms with Gasteiger partial charge in [0.25, 0.3) is 0 Å². The number of aryl methyl sites for hydroxylation is 1. The van der Waals surface area contributed by atoms with Crippen molar-refractivity contribution in [2.45, 2.75) is 13.5 Å². The van der Waals surface area contributed by atoms with Crippen LogP contribution in [0.1, 0.15) is 16.1 Å². The lowest BCUT2D eigenvalue weighted by atomic mass is 10.1. The van der Waals surface area contributed by atoms with Crippen LogP contribution in [0.4, 0.5) is 0 Å². The number of benzene rings is 2. The van der Waals surface area contributed by atoms with Gasteiger partial charge >= 0.3 is 0 Å². The van der Waals surface area contributed by atoms with Gasteiger partial charge in [-0.05, 0) is 23.6 Å². The van der Waals surface area contributed by atoms with Crippen LogP contribution in [0.2, 0.25) is 0 Å². The predicted octanol–water partition coefficient (Wildman–Crippen LogP) is 3.33. The first kappa shape index (κ1) is 14.3. The van der Waals surface area contributed by atoms with Gasteiger partial charge in [-0.2, -0.15) is 4.57 Å². The quantitative estimate of drug-likeness (QED) is 0.545. The Morgan fingerprint density at radius 2 is 1.86 bits per heavy atom. The molecule has 0 aliphatic heterocycles. The molecular weight excluding hydrogens is 274 g/mol. The summed E-state index contributed by atoms with van der Waals surface area (Å²) in [7, 11) is 1.66. The van der Waals surface area contributed by atoms with Crippen molar-refractivity contribution in [2.24, 2.45) is 0 Å². The van der Waals surface area contributed by atoms with Crippen molar-refractivity contribution in [2.75, 3.05) is 7.11 Å². The molecule has 3 rings (SSSR count). The molecule has 1 heterocycles. The van der Waals surface area contributed by atoms with Gasteiger partial charge in [0, 0.05) is 23.9 Å². The smallest absolute Gasteiger partial charge is 0.227 e. The van der Waals surface area contributed by atoms with E-state index in [2.05, 4.69) is 0 Å². The van der Waals surface area contributed by atoms with Gasteiger partial charge in [0.15, 0.2) is 11.9 Å². The number of hydrogen-bond acceptors (Lipinski definition) is 2. The first-order chi connectivity index (χ1) is 10.7. The highest BCUT2D eigenvalue weighted by Crippen LogP contribution is 2.21. The third kappa shape index (κ3) is 2.70. The third-order valence-electron chi connectivity index (χ3n) is 3.92. The van der Waals surface area contributed by atoms with Crippen LogP contribution in [0.15, 0.2) is 60.8 Å². The number of rotatable bonds is 4. The lowest BCUT2D eigenvalue weighted by molar-refractivity contribution is -0.687. The molecule has 110 valence electrons. The van der Waals surface area contributed by atoms with E-state index in [4.69, 9.17) is 4.74 Å². The number of carbonyl (C=O) groups excluding carboxylic acids is 1. The maximum absolute atomic E-state index is 12.4. The minimum Gasteiger partial charge on any atom is -0.497 e. The third-order valence-corrected chi connectivity index (χ3v) is 3.92. The van der Waals surface area contributed by atoms with E-state index < -0.39 is 0 Å². The molecule has 0 atom stereocenters. The highest BCUT2D eigenvalue weighted by Gasteiger charge is 2.16. The van der Waals surface area contributed by atoms with E-state index >= 15 is 0 Å². The van der Waals surface area contributed by atoms with Crippen molar-refractivity contribution in [3.63, 3.8) is 0 Å². The van der Waals surface area contributed by atoms with Gasteiger partial charge in [0.1, 0.15) is 5.75 Å². The Morgan fingerprint density at radius 1 is 1.09 bits per heavy atom. The summed E-state index contributed by atoms with van der Waals surface area (Å²) >= 11 is 0. The number of methoxy groups -OCH3 is 1. The minimum atomic E-state index is 0.113. The molecule has 0 bridgehead atoms. The summed E-state index contributed by atoms with van der Waals surface area (Å²) in [5, 5.41) is 2.24. The van der Waals surface area contributed by atoms with Gasteiger partial charge in [-0.15, -0.1) is 0 Å². The molecule has 0 aliphatic carbocycles. The van der Waals surface area contributed by atoms with Crippen molar-refractivity contribution in [1.29, 1.82) is 0 Å². The number of Topliss-reactive ketones (excluding diaryl/α,β-unsaturated/α-hetero) is 1. The highest BCUT2D eigenvalue weighted by molar-refractivity contribution is 5.95. The van der Waals surface area contributed by atoms with Crippen molar-refractivity contribution in [1.82, 2.24) is 0 Å². The van der Waals surface area contributed by atoms with Gasteiger partial charge in [-0.1, -0.05) is 30.3 Å². The molecule has 0 unspecified atom stereocenters. The number of pyridine rings is 1.